The van der Waals surface area contributed by atoms with E-state index in [2.05, 4.69) is 10.3 Å². The number of carboxylic acid groups (broad SMARTS) is 1. The molecule has 0 amide bonds. The number of rotatable bonds is 4. The van der Waals surface area contributed by atoms with Gasteiger partial charge in [0, 0.05) is 11.1 Å². The summed E-state index contributed by atoms with van der Waals surface area (Å²) in [6.45, 7) is 0. The first kappa shape index (κ1) is 14.9. The molecule has 0 saturated heterocycles. The van der Waals surface area contributed by atoms with E-state index < -0.39 is 5.97 Å². The molecule has 0 fully saturated rings. The Bertz CT molecular complexity index is 859. The molecule has 3 rings (SSSR count). The number of nitrogens with one attached hydrogen (secondary N) is 1. The van der Waals surface area contributed by atoms with Gasteiger partial charge in [0.25, 0.3) is 0 Å². The summed E-state index contributed by atoms with van der Waals surface area (Å²) in [5, 5.41) is 35.3. The first-order valence-electron chi connectivity index (χ1n) is 6.59. The summed E-state index contributed by atoms with van der Waals surface area (Å²) in [6.07, 6.45) is 0. The van der Waals surface area contributed by atoms with Gasteiger partial charge < -0.3 is 20.6 Å². The van der Waals surface area contributed by atoms with E-state index in [0.29, 0.717) is 22.1 Å². The van der Waals surface area contributed by atoms with Crippen LogP contribution < -0.4 is 10.4 Å². The van der Waals surface area contributed by atoms with Gasteiger partial charge in [0.1, 0.15) is 5.75 Å². The minimum atomic E-state index is -0.983. The van der Waals surface area contributed by atoms with Crippen LogP contribution in [-0.4, -0.2) is 21.2 Å². The van der Waals surface area contributed by atoms with E-state index >= 15 is 0 Å². The SMILES string of the molecule is O=C(O)c1ccc(Nc2nc(-c3ccc(O)cc3[O-])cs2)cc1. The zero-order valence-electron chi connectivity index (χ0n) is 11.7. The highest BCUT2D eigenvalue weighted by Crippen LogP contribution is 2.33. The van der Waals surface area contributed by atoms with Crippen LogP contribution in [0.15, 0.2) is 47.8 Å². The number of anilines is 2. The van der Waals surface area contributed by atoms with Crippen molar-refractivity contribution in [2.24, 2.45) is 0 Å². The van der Waals surface area contributed by atoms with Crippen molar-refractivity contribution in [2.45, 2.75) is 0 Å². The molecule has 0 aliphatic carbocycles. The average Bonchev–Trinajstić information content (AvgIpc) is 2.96. The van der Waals surface area contributed by atoms with Crippen molar-refractivity contribution in [3.63, 3.8) is 0 Å². The summed E-state index contributed by atoms with van der Waals surface area (Å²) in [4.78, 5) is 15.1. The summed E-state index contributed by atoms with van der Waals surface area (Å²) in [5.74, 6) is -1.36. The Hall–Kier alpha value is -3.06. The smallest absolute Gasteiger partial charge is 0.335 e. The number of nitrogens with zero attached hydrogens (tertiary/aromatic N) is 1. The van der Waals surface area contributed by atoms with Crippen LogP contribution in [0.25, 0.3) is 11.3 Å². The van der Waals surface area contributed by atoms with E-state index in [1.807, 2.05) is 0 Å². The molecule has 23 heavy (non-hydrogen) atoms. The summed E-state index contributed by atoms with van der Waals surface area (Å²) in [5.41, 5.74) is 1.83. The lowest BCUT2D eigenvalue weighted by atomic mass is 10.1. The minimum absolute atomic E-state index is 0.0779. The van der Waals surface area contributed by atoms with Crippen molar-refractivity contribution in [2.75, 3.05) is 5.32 Å². The fourth-order valence-corrected chi connectivity index (χ4v) is 2.73. The van der Waals surface area contributed by atoms with Crippen molar-refractivity contribution in [1.29, 1.82) is 0 Å². The standard InChI is InChI=1S/C16H12N2O4S/c19-11-5-6-12(14(20)7-11)13-8-23-16(18-13)17-10-3-1-9(2-4-10)15(21)22/h1-8,19-20H,(H,17,18)(H,21,22)/p-1. The molecule has 7 heteroatoms. The van der Waals surface area contributed by atoms with E-state index in [-0.39, 0.29) is 17.1 Å². The summed E-state index contributed by atoms with van der Waals surface area (Å²) in [7, 11) is 0. The molecule has 0 atom stereocenters. The average molecular weight is 327 g/mol. The molecular formula is C16H11N2O4S-. The third kappa shape index (κ3) is 3.24. The predicted octanol–water partition coefficient (Wildman–Crippen LogP) is 3.03. The number of carbonyl (C=O) groups is 1. The molecule has 2 aromatic carbocycles. The molecule has 0 aliphatic heterocycles. The number of benzene rings is 2. The number of phenolic OH excluding ortho intramolecular Hbond substituents is 1. The maximum Gasteiger partial charge on any atom is 0.335 e. The van der Waals surface area contributed by atoms with E-state index in [1.54, 1.807) is 17.5 Å². The largest absolute Gasteiger partial charge is 0.872 e. The maximum atomic E-state index is 11.8. The normalized spacial score (nSPS) is 10.4. The Balaban J connectivity index is 1.80. The van der Waals surface area contributed by atoms with Crippen molar-refractivity contribution >= 4 is 28.1 Å². The number of carboxylic acids is 1. The third-order valence-electron chi connectivity index (χ3n) is 3.13. The lowest BCUT2D eigenvalue weighted by Crippen LogP contribution is -1.96. The molecule has 0 unspecified atom stereocenters. The van der Waals surface area contributed by atoms with E-state index in [9.17, 15) is 15.0 Å². The minimum Gasteiger partial charge on any atom is -0.872 e. The summed E-state index contributed by atoms with van der Waals surface area (Å²) >= 11 is 1.32. The zero-order valence-corrected chi connectivity index (χ0v) is 12.5. The Morgan fingerprint density at radius 1 is 1.17 bits per heavy atom. The second-order valence-electron chi connectivity index (χ2n) is 4.73. The summed E-state index contributed by atoms with van der Waals surface area (Å²) < 4.78 is 0. The molecule has 3 aromatic rings. The molecule has 0 spiro atoms. The Morgan fingerprint density at radius 2 is 1.91 bits per heavy atom. The fourth-order valence-electron chi connectivity index (χ4n) is 2.00. The van der Waals surface area contributed by atoms with Gasteiger partial charge in [-0.2, -0.15) is 0 Å². The van der Waals surface area contributed by atoms with E-state index in [4.69, 9.17) is 5.11 Å². The first-order chi connectivity index (χ1) is 11.0. The highest BCUT2D eigenvalue weighted by Gasteiger charge is 2.07. The number of phenols is 1. The quantitative estimate of drug-likeness (QED) is 0.680. The molecule has 0 aliphatic rings. The summed E-state index contributed by atoms with van der Waals surface area (Å²) in [6, 6.07) is 10.4. The Labute approximate surface area is 135 Å². The van der Waals surface area contributed by atoms with Crippen LogP contribution in [0.5, 0.6) is 11.5 Å². The topological polar surface area (TPSA) is 106 Å². The molecule has 3 N–H and O–H groups in total. The molecule has 1 aromatic heterocycles. The van der Waals surface area contributed by atoms with Crippen LogP contribution >= 0.6 is 11.3 Å². The van der Waals surface area contributed by atoms with Gasteiger partial charge >= 0.3 is 5.97 Å². The van der Waals surface area contributed by atoms with Gasteiger partial charge in [-0.15, -0.1) is 11.3 Å². The number of thiazole rings is 1. The highest BCUT2D eigenvalue weighted by molar-refractivity contribution is 7.14. The second-order valence-corrected chi connectivity index (χ2v) is 5.58. The first-order valence-corrected chi connectivity index (χ1v) is 7.47. The van der Waals surface area contributed by atoms with Gasteiger partial charge in [-0.3, -0.25) is 0 Å². The molecular weight excluding hydrogens is 316 g/mol. The number of aromatic hydroxyl groups is 1. The van der Waals surface area contributed by atoms with Crippen molar-refractivity contribution in [3.05, 3.63) is 53.4 Å². The van der Waals surface area contributed by atoms with Crippen molar-refractivity contribution in [3.8, 4) is 22.8 Å². The number of aromatic nitrogens is 1. The molecule has 0 saturated carbocycles. The number of hydrogen-bond acceptors (Lipinski definition) is 6. The molecule has 1 heterocycles. The van der Waals surface area contributed by atoms with Crippen LogP contribution in [0.2, 0.25) is 0 Å². The fraction of sp³-hybridized carbons (Fsp3) is 0. The van der Waals surface area contributed by atoms with Crippen molar-refractivity contribution < 1.29 is 20.1 Å². The third-order valence-corrected chi connectivity index (χ3v) is 3.89. The molecule has 0 radical (unpaired) electrons. The Kier molecular flexibility index (Phi) is 3.86. The van der Waals surface area contributed by atoms with Crippen LogP contribution in [0.3, 0.4) is 0 Å². The predicted molar refractivity (Wildman–Crippen MR) is 85.3 cm³/mol. The van der Waals surface area contributed by atoms with Gasteiger partial charge in [0.05, 0.1) is 11.3 Å². The van der Waals surface area contributed by atoms with Gasteiger partial charge in [-0.25, -0.2) is 9.78 Å². The monoisotopic (exact) mass is 327 g/mol. The second kappa shape index (κ2) is 5.98. The van der Waals surface area contributed by atoms with Gasteiger partial charge in [0.15, 0.2) is 5.13 Å². The van der Waals surface area contributed by atoms with Gasteiger partial charge in [-0.1, -0.05) is 5.75 Å². The van der Waals surface area contributed by atoms with Crippen LogP contribution in [-0.2, 0) is 0 Å². The number of hydrogen-bond donors (Lipinski definition) is 3. The molecule has 0 bridgehead atoms. The number of aromatic carboxylic acids is 1. The maximum absolute atomic E-state index is 11.8. The van der Waals surface area contributed by atoms with Crippen LogP contribution in [0, 0.1) is 0 Å². The van der Waals surface area contributed by atoms with E-state index in [1.165, 1.54) is 35.6 Å². The van der Waals surface area contributed by atoms with Crippen LogP contribution in [0.1, 0.15) is 10.4 Å². The zero-order chi connectivity index (χ0) is 16.4. The Morgan fingerprint density at radius 3 is 2.57 bits per heavy atom. The van der Waals surface area contributed by atoms with Crippen LogP contribution in [0.4, 0.5) is 10.8 Å². The van der Waals surface area contributed by atoms with Gasteiger partial charge in [0.2, 0.25) is 0 Å². The highest BCUT2D eigenvalue weighted by atomic mass is 32.1. The molecule has 116 valence electrons. The lowest BCUT2D eigenvalue weighted by molar-refractivity contribution is -0.267. The molecule has 6 nitrogen and oxygen atoms in total. The van der Waals surface area contributed by atoms with E-state index in [0.717, 1.165) is 6.07 Å². The van der Waals surface area contributed by atoms with Gasteiger partial charge in [-0.05, 0) is 48.0 Å². The van der Waals surface area contributed by atoms with Crippen molar-refractivity contribution in [1.82, 2.24) is 4.98 Å². The lowest BCUT2D eigenvalue weighted by Gasteiger charge is -2.11.